The summed E-state index contributed by atoms with van der Waals surface area (Å²) in [6, 6.07) is 0. The predicted molar refractivity (Wildman–Crippen MR) is 93.4 cm³/mol. The zero-order valence-electron chi connectivity index (χ0n) is 14.9. The number of rotatable bonds is 9. The highest BCUT2D eigenvalue weighted by molar-refractivity contribution is 6.07. The summed E-state index contributed by atoms with van der Waals surface area (Å²) in [5, 5.41) is 3.89. The van der Waals surface area contributed by atoms with Gasteiger partial charge in [-0.15, -0.1) is 0 Å². The minimum atomic E-state index is -0.408. The van der Waals surface area contributed by atoms with Crippen molar-refractivity contribution in [3.8, 4) is 0 Å². The Morgan fingerprint density at radius 2 is 2.04 bits per heavy atom. The van der Waals surface area contributed by atoms with Gasteiger partial charge in [0.25, 0.3) is 0 Å². The lowest BCUT2D eigenvalue weighted by molar-refractivity contribution is 0.0526. The minimum Gasteiger partial charge on any atom is -0.462 e. The van der Waals surface area contributed by atoms with E-state index in [1.807, 2.05) is 0 Å². The summed E-state index contributed by atoms with van der Waals surface area (Å²) in [5.74, 6) is 0.698. The van der Waals surface area contributed by atoms with Crippen molar-refractivity contribution in [2.24, 2.45) is 0 Å². The van der Waals surface area contributed by atoms with E-state index in [2.05, 4.69) is 34.0 Å². The fraction of sp³-hybridized carbons (Fsp3) is 0.588. The van der Waals surface area contributed by atoms with E-state index in [-0.39, 0.29) is 0 Å². The van der Waals surface area contributed by atoms with Gasteiger partial charge in [0.2, 0.25) is 5.71 Å². The molecule has 0 atom stereocenters. The van der Waals surface area contributed by atoms with E-state index in [4.69, 9.17) is 9.15 Å². The summed E-state index contributed by atoms with van der Waals surface area (Å²) in [4.78, 5) is 23.0. The van der Waals surface area contributed by atoms with Crippen molar-refractivity contribution < 1.29 is 13.9 Å². The van der Waals surface area contributed by atoms with Crippen molar-refractivity contribution in [2.45, 2.75) is 34.1 Å². The Hall–Kier alpha value is -2.15. The highest BCUT2D eigenvalue weighted by Gasteiger charge is 2.23. The molecular formula is C17H26N4O3. The second-order valence-corrected chi connectivity index (χ2v) is 5.46. The fourth-order valence-corrected chi connectivity index (χ4v) is 2.68. The quantitative estimate of drug-likeness (QED) is 0.558. The Morgan fingerprint density at radius 3 is 2.71 bits per heavy atom. The first-order valence-electron chi connectivity index (χ1n) is 8.49. The molecule has 0 bridgehead atoms. The van der Waals surface area contributed by atoms with Gasteiger partial charge in [-0.1, -0.05) is 13.8 Å². The number of ether oxygens (including phenoxy) is 1. The van der Waals surface area contributed by atoms with Gasteiger partial charge in [-0.2, -0.15) is 0 Å². The summed E-state index contributed by atoms with van der Waals surface area (Å²) in [7, 11) is 0. The maximum absolute atomic E-state index is 12.2. The predicted octanol–water partition coefficient (Wildman–Crippen LogP) is 2.85. The van der Waals surface area contributed by atoms with E-state index in [0.29, 0.717) is 34.8 Å². The van der Waals surface area contributed by atoms with E-state index in [9.17, 15) is 4.79 Å². The lowest BCUT2D eigenvalue weighted by Gasteiger charge is -2.17. The number of hydrogen-bond acceptors (Lipinski definition) is 7. The topological polar surface area (TPSA) is 80.5 Å². The number of hydrogen-bond donors (Lipinski definition) is 1. The molecule has 2 rings (SSSR count). The summed E-state index contributed by atoms with van der Waals surface area (Å²) < 4.78 is 10.7. The average molecular weight is 334 g/mol. The number of esters is 1. The lowest BCUT2D eigenvalue weighted by atomic mass is 10.2. The summed E-state index contributed by atoms with van der Waals surface area (Å²) >= 11 is 0. The van der Waals surface area contributed by atoms with Crippen LogP contribution in [0.1, 0.15) is 43.3 Å². The second kappa shape index (κ2) is 8.63. The molecule has 7 nitrogen and oxygen atoms in total. The standard InChI is InChI=1S/C17H26N4O3/c1-5-21(6-2)10-8-9-18-15-14-13(17(22)23-7-3)12(4)24-16(14)20-11-19-15/h11H,5-10H2,1-4H3,(H,18,19,20). The molecule has 0 radical (unpaired) electrons. The second-order valence-electron chi connectivity index (χ2n) is 5.46. The minimum absolute atomic E-state index is 0.311. The normalized spacial score (nSPS) is 11.2. The van der Waals surface area contributed by atoms with Crippen LogP contribution in [-0.2, 0) is 4.74 Å². The number of aryl methyl sites for hydroxylation is 1. The van der Waals surface area contributed by atoms with E-state index in [1.165, 1.54) is 6.33 Å². The lowest BCUT2D eigenvalue weighted by Crippen LogP contribution is -2.25. The molecule has 2 aromatic heterocycles. The van der Waals surface area contributed by atoms with Gasteiger partial charge in [0.15, 0.2) is 0 Å². The van der Waals surface area contributed by atoms with Crippen LogP contribution >= 0.6 is 0 Å². The molecule has 2 aromatic rings. The number of carbonyl (C=O) groups excluding carboxylic acids is 1. The molecule has 0 aliphatic rings. The van der Waals surface area contributed by atoms with Gasteiger partial charge < -0.3 is 19.4 Å². The molecule has 0 aliphatic carbocycles. The molecule has 0 fully saturated rings. The average Bonchev–Trinajstić information content (AvgIpc) is 2.92. The third-order valence-electron chi connectivity index (χ3n) is 3.98. The molecule has 0 saturated carbocycles. The van der Waals surface area contributed by atoms with E-state index >= 15 is 0 Å². The van der Waals surface area contributed by atoms with Gasteiger partial charge in [0.1, 0.15) is 23.5 Å². The first-order chi connectivity index (χ1) is 11.6. The van der Waals surface area contributed by atoms with E-state index in [0.717, 1.165) is 32.6 Å². The van der Waals surface area contributed by atoms with Crippen LogP contribution in [0.5, 0.6) is 0 Å². The maximum atomic E-state index is 12.2. The Bertz CT molecular complexity index is 680. The third kappa shape index (κ3) is 4.03. The van der Waals surface area contributed by atoms with Crippen LogP contribution < -0.4 is 5.32 Å². The number of fused-ring (bicyclic) bond motifs is 1. The van der Waals surface area contributed by atoms with Crippen molar-refractivity contribution in [1.29, 1.82) is 0 Å². The first kappa shape index (κ1) is 18.2. The van der Waals surface area contributed by atoms with Crippen LogP contribution in [0.15, 0.2) is 10.7 Å². The number of nitrogens with one attached hydrogen (secondary N) is 1. The molecule has 0 saturated heterocycles. The van der Waals surface area contributed by atoms with Crippen molar-refractivity contribution in [3.63, 3.8) is 0 Å². The highest BCUT2D eigenvalue weighted by atomic mass is 16.5. The van der Waals surface area contributed by atoms with Crippen LogP contribution in [0.25, 0.3) is 11.1 Å². The van der Waals surface area contributed by atoms with Gasteiger partial charge in [0.05, 0.1) is 12.0 Å². The molecule has 0 amide bonds. The van der Waals surface area contributed by atoms with Crippen LogP contribution in [0.3, 0.4) is 0 Å². The molecule has 132 valence electrons. The molecule has 0 aromatic carbocycles. The highest BCUT2D eigenvalue weighted by Crippen LogP contribution is 2.29. The number of furan rings is 1. The van der Waals surface area contributed by atoms with E-state index < -0.39 is 5.97 Å². The first-order valence-corrected chi connectivity index (χ1v) is 8.49. The Morgan fingerprint density at radius 1 is 1.29 bits per heavy atom. The van der Waals surface area contributed by atoms with Gasteiger partial charge in [0, 0.05) is 6.54 Å². The monoisotopic (exact) mass is 334 g/mol. The summed E-state index contributed by atoms with van der Waals surface area (Å²) in [6.07, 6.45) is 2.42. The number of carbonyl (C=O) groups is 1. The SMILES string of the molecule is CCOC(=O)c1c(C)oc2ncnc(NCCCN(CC)CC)c12. The zero-order valence-corrected chi connectivity index (χ0v) is 14.9. The maximum Gasteiger partial charge on any atom is 0.342 e. The number of anilines is 1. The van der Waals surface area contributed by atoms with Crippen LogP contribution in [-0.4, -0.2) is 53.6 Å². The zero-order chi connectivity index (χ0) is 17.5. The van der Waals surface area contributed by atoms with Crippen LogP contribution in [0, 0.1) is 6.92 Å². The molecule has 0 unspecified atom stereocenters. The Balaban J connectivity index is 2.16. The van der Waals surface area contributed by atoms with Crippen molar-refractivity contribution in [1.82, 2.24) is 14.9 Å². The van der Waals surface area contributed by atoms with Crippen molar-refractivity contribution >= 4 is 22.9 Å². The van der Waals surface area contributed by atoms with Crippen LogP contribution in [0.4, 0.5) is 5.82 Å². The molecule has 7 heteroatoms. The van der Waals surface area contributed by atoms with Gasteiger partial charge >= 0.3 is 5.97 Å². The summed E-state index contributed by atoms with van der Waals surface area (Å²) in [5.41, 5.74) is 0.801. The van der Waals surface area contributed by atoms with Gasteiger partial charge in [-0.3, -0.25) is 0 Å². The van der Waals surface area contributed by atoms with Crippen molar-refractivity contribution in [3.05, 3.63) is 17.7 Å². The molecule has 2 heterocycles. The molecule has 1 N–H and O–H groups in total. The van der Waals surface area contributed by atoms with Gasteiger partial charge in [-0.25, -0.2) is 14.8 Å². The molecule has 24 heavy (non-hydrogen) atoms. The smallest absolute Gasteiger partial charge is 0.342 e. The van der Waals surface area contributed by atoms with E-state index in [1.54, 1.807) is 13.8 Å². The largest absolute Gasteiger partial charge is 0.462 e. The summed E-state index contributed by atoms with van der Waals surface area (Å²) in [6.45, 7) is 12.0. The number of aromatic nitrogens is 2. The molecular weight excluding hydrogens is 308 g/mol. The fourth-order valence-electron chi connectivity index (χ4n) is 2.68. The van der Waals surface area contributed by atoms with Gasteiger partial charge in [-0.05, 0) is 39.9 Å². The number of nitrogens with zero attached hydrogens (tertiary/aromatic N) is 3. The molecule has 0 spiro atoms. The Kier molecular flexibility index (Phi) is 6.54. The van der Waals surface area contributed by atoms with Crippen molar-refractivity contribution in [2.75, 3.05) is 38.1 Å². The molecule has 0 aliphatic heterocycles. The van der Waals surface area contributed by atoms with Crippen LogP contribution in [0.2, 0.25) is 0 Å². The Labute approximate surface area is 142 Å². The third-order valence-corrected chi connectivity index (χ3v) is 3.98.